The number of aromatic nitrogens is 1. The third kappa shape index (κ3) is 3.15. The minimum Gasteiger partial charge on any atom is -0.396 e. The number of aryl methyl sites for hydroxylation is 2. The van der Waals surface area contributed by atoms with Gasteiger partial charge < -0.3 is 20.1 Å². The minimum atomic E-state index is -0.705. The summed E-state index contributed by atoms with van der Waals surface area (Å²) >= 11 is 0. The number of nitrogens with one attached hydrogen (secondary N) is 1. The third-order valence-electron chi connectivity index (χ3n) is 4.05. The average molecular weight is 304 g/mol. The largest absolute Gasteiger partial charge is 0.396 e. The fourth-order valence-corrected chi connectivity index (χ4v) is 2.71. The van der Waals surface area contributed by atoms with Gasteiger partial charge in [0, 0.05) is 29.9 Å². The van der Waals surface area contributed by atoms with Gasteiger partial charge in [-0.05, 0) is 37.1 Å². The van der Waals surface area contributed by atoms with Crippen LogP contribution < -0.4 is 0 Å². The first-order valence-corrected chi connectivity index (χ1v) is 7.37. The molecule has 0 aliphatic rings. The lowest BCUT2D eigenvalue weighted by atomic mass is 9.92. The van der Waals surface area contributed by atoms with Crippen molar-refractivity contribution in [3.8, 4) is 0 Å². The highest BCUT2D eigenvalue weighted by atomic mass is 16.3. The molecule has 0 aliphatic carbocycles. The van der Waals surface area contributed by atoms with Crippen molar-refractivity contribution in [2.75, 3.05) is 26.8 Å². The maximum Gasteiger partial charge on any atom is 0.270 e. The molecule has 0 aliphatic heterocycles. The highest BCUT2D eigenvalue weighted by Crippen LogP contribution is 2.23. The number of carbonyl (C=O) groups excluding carboxylic acids is 1. The van der Waals surface area contributed by atoms with E-state index in [1.807, 2.05) is 26.0 Å². The lowest BCUT2D eigenvalue weighted by Gasteiger charge is -2.30. The van der Waals surface area contributed by atoms with Gasteiger partial charge in [-0.2, -0.15) is 0 Å². The molecule has 0 radical (unpaired) electrons. The van der Waals surface area contributed by atoms with E-state index in [-0.39, 0.29) is 25.7 Å². The third-order valence-corrected chi connectivity index (χ3v) is 4.05. The van der Waals surface area contributed by atoms with Gasteiger partial charge in [-0.3, -0.25) is 4.79 Å². The summed E-state index contributed by atoms with van der Waals surface area (Å²) in [6, 6.07) is 5.96. The number of rotatable bonds is 5. The number of H-pyrrole nitrogens is 1. The van der Waals surface area contributed by atoms with E-state index in [1.165, 1.54) is 4.90 Å². The van der Waals surface area contributed by atoms with Crippen LogP contribution in [0.4, 0.5) is 0 Å². The molecule has 1 heterocycles. The van der Waals surface area contributed by atoms with Crippen LogP contribution >= 0.6 is 0 Å². The SMILES string of the molecule is Cc1cc(C)c2cc(C(=O)N(C)CC(C)(CO)CO)[nH]c2c1. The maximum atomic E-state index is 12.6. The lowest BCUT2D eigenvalue weighted by Crippen LogP contribution is -2.41. The molecule has 1 aromatic heterocycles. The summed E-state index contributed by atoms with van der Waals surface area (Å²) in [7, 11) is 1.68. The molecule has 5 heteroatoms. The second-order valence-electron chi connectivity index (χ2n) is 6.51. The number of hydrogen-bond acceptors (Lipinski definition) is 3. The number of amides is 1. The quantitative estimate of drug-likeness (QED) is 0.789. The smallest absolute Gasteiger partial charge is 0.270 e. The predicted octanol–water partition coefficient (Wildman–Crippen LogP) is 1.85. The molecule has 0 fully saturated rings. The summed E-state index contributed by atoms with van der Waals surface area (Å²) in [4.78, 5) is 17.2. The first-order chi connectivity index (χ1) is 10.3. The normalized spacial score (nSPS) is 11.9. The van der Waals surface area contributed by atoms with Gasteiger partial charge in [-0.25, -0.2) is 0 Å². The van der Waals surface area contributed by atoms with Gasteiger partial charge in [0.1, 0.15) is 5.69 Å². The Morgan fingerprint density at radius 3 is 2.45 bits per heavy atom. The Morgan fingerprint density at radius 2 is 1.86 bits per heavy atom. The van der Waals surface area contributed by atoms with Crippen molar-refractivity contribution >= 4 is 16.8 Å². The fraction of sp³-hybridized carbons (Fsp3) is 0.471. The number of nitrogens with zero attached hydrogens (tertiary/aromatic N) is 1. The zero-order valence-electron chi connectivity index (χ0n) is 13.6. The first-order valence-electron chi connectivity index (χ1n) is 7.37. The second kappa shape index (κ2) is 6.10. The van der Waals surface area contributed by atoms with E-state index in [2.05, 4.69) is 11.1 Å². The predicted molar refractivity (Wildman–Crippen MR) is 87.0 cm³/mol. The van der Waals surface area contributed by atoms with Crippen LogP contribution in [0.15, 0.2) is 18.2 Å². The van der Waals surface area contributed by atoms with Crippen LogP contribution in [0.5, 0.6) is 0 Å². The van der Waals surface area contributed by atoms with Crippen LogP contribution in [0.3, 0.4) is 0 Å². The lowest BCUT2D eigenvalue weighted by molar-refractivity contribution is 0.0364. The molecule has 0 spiro atoms. The van der Waals surface area contributed by atoms with Crippen molar-refractivity contribution in [3.05, 3.63) is 35.0 Å². The Bertz CT molecular complexity index is 687. The van der Waals surface area contributed by atoms with Crippen molar-refractivity contribution in [2.24, 2.45) is 5.41 Å². The van der Waals surface area contributed by atoms with Crippen LogP contribution in [-0.4, -0.2) is 52.8 Å². The summed E-state index contributed by atoms with van der Waals surface area (Å²) in [5, 5.41) is 19.8. The highest BCUT2D eigenvalue weighted by Gasteiger charge is 2.27. The number of aliphatic hydroxyl groups excluding tert-OH is 2. The number of hydrogen-bond donors (Lipinski definition) is 3. The molecule has 22 heavy (non-hydrogen) atoms. The molecule has 0 saturated carbocycles. The van der Waals surface area contributed by atoms with Gasteiger partial charge in [-0.15, -0.1) is 0 Å². The number of carbonyl (C=O) groups is 1. The second-order valence-corrected chi connectivity index (χ2v) is 6.51. The Balaban J connectivity index is 2.28. The fourth-order valence-electron chi connectivity index (χ4n) is 2.71. The zero-order chi connectivity index (χ0) is 16.5. The standard InChI is InChI=1S/C17H24N2O3/c1-11-5-12(2)13-7-15(18-14(13)6-11)16(22)19(4)8-17(3,9-20)10-21/h5-7,18,20-21H,8-10H2,1-4H3. The molecular formula is C17H24N2O3. The van der Waals surface area contributed by atoms with Gasteiger partial charge >= 0.3 is 0 Å². The Morgan fingerprint density at radius 1 is 1.23 bits per heavy atom. The van der Waals surface area contributed by atoms with E-state index in [4.69, 9.17) is 0 Å². The van der Waals surface area contributed by atoms with Crippen LogP contribution in [-0.2, 0) is 0 Å². The van der Waals surface area contributed by atoms with Crippen LogP contribution in [0.1, 0.15) is 28.5 Å². The number of fused-ring (bicyclic) bond motifs is 1. The van der Waals surface area contributed by atoms with Gasteiger partial charge in [0.25, 0.3) is 5.91 Å². The van der Waals surface area contributed by atoms with E-state index < -0.39 is 5.41 Å². The zero-order valence-corrected chi connectivity index (χ0v) is 13.6. The average Bonchev–Trinajstić information content (AvgIpc) is 2.90. The van der Waals surface area contributed by atoms with Crippen LogP contribution in [0.25, 0.3) is 10.9 Å². The van der Waals surface area contributed by atoms with E-state index >= 15 is 0 Å². The monoisotopic (exact) mass is 304 g/mol. The summed E-state index contributed by atoms with van der Waals surface area (Å²) in [6.45, 7) is 5.73. The van der Waals surface area contributed by atoms with E-state index in [1.54, 1.807) is 14.0 Å². The molecule has 2 aromatic rings. The molecule has 120 valence electrons. The van der Waals surface area contributed by atoms with Crippen molar-refractivity contribution in [1.29, 1.82) is 0 Å². The van der Waals surface area contributed by atoms with Crippen molar-refractivity contribution < 1.29 is 15.0 Å². The summed E-state index contributed by atoms with van der Waals surface area (Å²) < 4.78 is 0. The van der Waals surface area contributed by atoms with Gasteiger partial charge in [-0.1, -0.05) is 13.0 Å². The number of benzene rings is 1. The van der Waals surface area contributed by atoms with Crippen LogP contribution in [0.2, 0.25) is 0 Å². The van der Waals surface area contributed by atoms with E-state index in [0.717, 1.165) is 22.0 Å². The molecule has 0 bridgehead atoms. The van der Waals surface area contributed by atoms with Crippen molar-refractivity contribution in [2.45, 2.75) is 20.8 Å². The number of aromatic amines is 1. The Labute approximate surface area is 130 Å². The van der Waals surface area contributed by atoms with Crippen molar-refractivity contribution in [1.82, 2.24) is 9.88 Å². The van der Waals surface area contributed by atoms with Crippen LogP contribution in [0, 0.1) is 19.3 Å². The molecule has 3 N–H and O–H groups in total. The minimum absolute atomic E-state index is 0.152. The molecule has 5 nitrogen and oxygen atoms in total. The summed E-state index contributed by atoms with van der Waals surface area (Å²) in [5.41, 5.74) is 3.03. The maximum absolute atomic E-state index is 12.6. The van der Waals surface area contributed by atoms with Gasteiger partial charge in [0.05, 0.1) is 13.2 Å². The van der Waals surface area contributed by atoms with E-state index in [0.29, 0.717) is 5.69 Å². The Hall–Kier alpha value is -1.85. The molecular weight excluding hydrogens is 280 g/mol. The summed E-state index contributed by atoms with van der Waals surface area (Å²) in [6.07, 6.45) is 0. The summed E-state index contributed by atoms with van der Waals surface area (Å²) in [5.74, 6) is -0.152. The molecule has 1 amide bonds. The topological polar surface area (TPSA) is 76.6 Å². The molecule has 0 unspecified atom stereocenters. The number of aliphatic hydroxyl groups is 2. The first kappa shape index (κ1) is 16.5. The molecule has 0 atom stereocenters. The molecule has 1 aromatic carbocycles. The molecule has 2 rings (SSSR count). The van der Waals surface area contributed by atoms with Gasteiger partial charge in [0.15, 0.2) is 0 Å². The van der Waals surface area contributed by atoms with Gasteiger partial charge in [0.2, 0.25) is 0 Å². The Kier molecular flexibility index (Phi) is 4.58. The van der Waals surface area contributed by atoms with E-state index in [9.17, 15) is 15.0 Å². The van der Waals surface area contributed by atoms with Crippen molar-refractivity contribution in [3.63, 3.8) is 0 Å². The molecule has 0 saturated heterocycles. The highest BCUT2D eigenvalue weighted by molar-refractivity contribution is 5.98.